The van der Waals surface area contributed by atoms with Crippen LogP contribution < -0.4 is 5.56 Å². The number of thiophene rings is 1. The molecule has 3 heterocycles. The van der Waals surface area contributed by atoms with Crippen molar-refractivity contribution in [2.45, 2.75) is 26.8 Å². The van der Waals surface area contributed by atoms with E-state index in [1.54, 1.807) is 0 Å². The van der Waals surface area contributed by atoms with Crippen molar-refractivity contribution in [3.63, 3.8) is 0 Å². The monoisotopic (exact) mass is 305 g/mol. The van der Waals surface area contributed by atoms with Gasteiger partial charge in [0, 0.05) is 13.1 Å². The van der Waals surface area contributed by atoms with Crippen LogP contribution in [-0.2, 0) is 11.3 Å². The van der Waals surface area contributed by atoms with Crippen LogP contribution in [0.5, 0.6) is 0 Å². The van der Waals surface area contributed by atoms with Crippen LogP contribution in [0.15, 0.2) is 22.6 Å². The van der Waals surface area contributed by atoms with Crippen molar-refractivity contribution in [2.24, 2.45) is 11.8 Å². The maximum Gasteiger partial charge on any atom is 0.271 e. The largest absolute Gasteiger partial charge is 0.341 e. The molecule has 3 rings (SSSR count). The highest BCUT2D eigenvalue weighted by molar-refractivity contribution is 7.17. The van der Waals surface area contributed by atoms with Crippen LogP contribution in [0.25, 0.3) is 10.2 Å². The topological polar surface area (TPSA) is 55.2 Å². The fraction of sp³-hybridized carbons (Fsp3) is 0.533. The smallest absolute Gasteiger partial charge is 0.271 e. The van der Waals surface area contributed by atoms with E-state index < -0.39 is 0 Å². The van der Waals surface area contributed by atoms with Crippen LogP contribution in [0.4, 0.5) is 0 Å². The molecule has 0 radical (unpaired) electrons. The number of carbonyl (C=O) groups excluding carboxylic acids is 1. The van der Waals surface area contributed by atoms with Crippen molar-refractivity contribution in [1.82, 2.24) is 14.5 Å². The molecule has 21 heavy (non-hydrogen) atoms. The van der Waals surface area contributed by atoms with Gasteiger partial charge in [-0.3, -0.25) is 14.2 Å². The summed E-state index contributed by atoms with van der Waals surface area (Å²) in [6.45, 7) is 5.99. The van der Waals surface area contributed by atoms with Gasteiger partial charge in [-0.05, 0) is 29.7 Å². The summed E-state index contributed by atoms with van der Waals surface area (Å²) in [6.07, 6.45) is 2.64. The number of rotatable bonds is 2. The van der Waals surface area contributed by atoms with Gasteiger partial charge in [-0.15, -0.1) is 11.3 Å². The van der Waals surface area contributed by atoms with Crippen LogP contribution in [0.1, 0.15) is 20.3 Å². The second kappa shape index (κ2) is 5.60. The van der Waals surface area contributed by atoms with E-state index in [0.29, 0.717) is 22.1 Å². The highest BCUT2D eigenvalue weighted by atomic mass is 32.1. The number of nitrogens with zero attached hydrogens (tertiary/aromatic N) is 3. The molecular weight excluding hydrogens is 286 g/mol. The van der Waals surface area contributed by atoms with E-state index in [0.717, 1.165) is 19.5 Å². The van der Waals surface area contributed by atoms with E-state index >= 15 is 0 Å². The second-order valence-electron chi connectivity index (χ2n) is 6.06. The molecule has 1 saturated heterocycles. The van der Waals surface area contributed by atoms with Gasteiger partial charge in [-0.1, -0.05) is 13.8 Å². The maximum absolute atomic E-state index is 12.4. The van der Waals surface area contributed by atoms with Crippen molar-refractivity contribution < 1.29 is 4.79 Å². The zero-order chi connectivity index (χ0) is 15.0. The lowest BCUT2D eigenvalue weighted by Gasteiger charge is -2.35. The quantitative estimate of drug-likeness (QED) is 0.852. The molecular formula is C15H19N3O2S. The molecule has 2 unspecified atom stereocenters. The van der Waals surface area contributed by atoms with E-state index in [4.69, 9.17) is 0 Å². The van der Waals surface area contributed by atoms with Gasteiger partial charge in [0.05, 0.1) is 11.8 Å². The second-order valence-corrected chi connectivity index (χ2v) is 6.97. The molecule has 0 bridgehead atoms. The van der Waals surface area contributed by atoms with Gasteiger partial charge in [0.2, 0.25) is 5.91 Å². The van der Waals surface area contributed by atoms with Crippen LogP contribution in [0.2, 0.25) is 0 Å². The maximum atomic E-state index is 12.4. The van der Waals surface area contributed by atoms with E-state index in [2.05, 4.69) is 18.8 Å². The molecule has 0 aliphatic carbocycles. The number of likely N-dealkylation sites (tertiary alicyclic amines) is 1. The number of carbonyl (C=O) groups is 1. The molecule has 1 fully saturated rings. The van der Waals surface area contributed by atoms with Gasteiger partial charge in [0.1, 0.15) is 11.2 Å². The molecule has 2 atom stereocenters. The van der Waals surface area contributed by atoms with Gasteiger partial charge < -0.3 is 4.90 Å². The third-order valence-corrected chi connectivity index (χ3v) is 4.85. The van der Waals surface area contributed by atoms with Crippen LogP contribution in [0, 0.1) is 11.8 Å². The summed E-state index contributed by atoms with van der Waals surface area (Å²) >= 11 is 1.37. The predicted octanol–water partition coefficient (Wildman–Crippen LogP) is 1.96. The number of amides is 1. The first-order chi connectivity index (χ1) is 10.0. The highest BCUT2D eigenvalue weighted by Gasteiger charge is 2.25. The molecule has 1 amide bonds. The molecule has 2 aromatic heterocycles. The van der Waals surface area contributed by atoms with Crippen molar-refractivity contribution >= 4 is 27.5 Å². The minimum absolute atomic E-state index is 0.00760. The SMILES string of the molecule is CC1CC(C)CN(C(=O)Cn2cnc3ccsc3c2=O)C1. The Hall–Kier alpha value is -1.69. The molecule has 5 nitrogen and oxygen atoms in total. The lowest BCUT2D eigenvalue weighted by molar-refractivity contribution is -0.134. The molecule has 6 heteroatoms. The standard InChI is InChI=1S/C15H19N3O2S/c1-10-5-11(2)7-17(6-10)13(19)8-18-9-16-12-3-4-21-14(12)15(18)20/h3-4,9-11H,5-8H2,1-2H3. The third kappa shape index (κ3) is 2.85. The Morgan fingerprint density at radius 1 is 1.38 bits per heavy atom. The van der Waals surface area contributed by atoms with Gasteiger partial charge in [0.15, 0.2) is 0 Å². The van der Waals surface area contributed by atoms with E-state index in [1.807, 2.05) is 16.3 Å². The van der Waals surface area contributed by atoms with Gasteiger partial charge in [0.25, 0.3) is 5.56 Å². The molecule has 0 N–H and O–H groups in total. The summed E-state index contributed by atoms with van der Waals surface area (Å²) in [6, 6.07) is 1.82. The summed E-state index contributed by atoms with van der Waals surface area (Å²) in [7, 11) is 0. The first-order valence-electron chi connectivity index (χ1n) is 7.25. The van der Waals surface area contributed by atoms with Crippen molar-refractivity contribution in [3.05, 3.63) is 28.1 Å². The summed E-state index contributed by atoms with van der Waals surface area (Å²) < 4.78 is 2.04. The summed E-state index contributed by atoms with van der Waals surface area (Å²) in [5, 5.41) is 1.85. The fourth-order valence-electron chi connectivity index (χ4n) is 3.10. The minimum Gasteiger partial charge on any atom is -0.341 e. The van der Waals surface area contributed by atoms with Gasteiger partial charge in [-0.2, -0.15) is 0 Å². The molecule has 1 aliphatic heterocycles. The Morgan fingerprint density at radius 2 is 2.10 bits per heavy atom. The molecule has 1 aliphatic rings. The minimum atomic E-state index is -0.124. The average molecular weight is 305 g/mol. The summed E-state index contributed by atoms with van der Waals surface area (Å²) in [5.74, 6) is 1.05. The third-order valence-electron chi connectivity index (χ3n) is 3.96. The number of hydrogen-bond donors (Lipinski definition) is 0. The molecule has 0 aromatic carbocycles. The first-order valence-corrected chi connectivity index (χ1v) is 8.13. The Kier molecular flexibility index (Phi) is 3.80. The number of hydrogen-bond acceptors (Lipinski definition) is 4. The van der Waals surface area contributed by atoms with Crippen molar-refractivity contribution in [1.29, 1.82) is 0 Å². The Morgan fingerprint density at radius 3 is 2.81 bits per heavy atom. The predicted molar refractivity (Wildman–Crippen MR) is 83.4 cm³/mol. The Bertz CT molecular complexity index is 711. The molecule has 0 saturated carbocycles. The summed E-state index contributed by atoms with van der Waals surface area (Å²) in [4.78, 5) is 30.8. The lowest BCUT2D eigenvalue weighted by atomic mass is 9.92. The Balaban J connectivity index is 1.80. The van der Waals surface area contributed by atoms with Crippen molar-refractivity contribution in [2.75, 3.05) is 13.1 Å². The zero-order valence-corrected chi connectivity index (χ0v) is 13.1. The van der Waals surface area contributed by atoms with E-state index in [9.17, 15) is 9.59 Å². The van der Waals surface area contributed by atoms with E-state index in [1.165, 1.54) is 22.2 Å². The molecule has 2 aromatic rings. The summed E-state index contributed by atoms with van der Waals surface area (Å²) in [5.41, 5.74) is 0.579. The van der Waals surface area contributed by atoms with Crippen LogP contribution in [-0.4, -0.2) is 33.4 Å². The number of piperidine rings is 1. The highest BCUT2D eigenvalue weighted by Crippen LogP contribution is 2.21. The van der Waals surface area contributed by atoms with Gasteiger partial charge in [-0.25, -0.2) is 4.98 Å². The van der Waals surface area contributed by atoms with Gasteiger partial charge >= 0.3 is 0 Å². The number of fused-ring (bicyclic) bond motifs is 1. The normalized spacial score (nSPS) is 22.7. The average Bonchev–Trinajstić information content (AvgIpc) is 2.90. The molecule has 0 spiro atoms. The van der Waals surface area contributed by atoms with E-state index in [-0.39, 0.29) is 18.0 Å². The number of aromatic nitrogens is 2. The molecule has 112 valence electrons. The zero-order valence-electron chi connectivity index (χ0n) is 12.3. The van der Waals surface area contributed by atoms with Crippen LogP contribution >= 0.6 is 11.3 Å². The lowest BCUT2D eigenvalue weighted by Crippen LogP contribution is -2.44. The Labute approximate surface area is 127 Å². The fourth-order valence-corrected chi connectivity index (χ4v) is 3.90. The first kappa shape index (κ1) is 14.3. The van der Waals surface area contributed by atoms with Crippen LogP contribution in [0.3, 0.4) is 0 Å². The van der Waals surface area contributed by atoms with Crippen molar-refractivity contribution in [3.8, 4) is 0 Å².